The van der Waals surface area contributed by atoms with E-state index in [0.717, 1.165) is 0 Å². The molecule has 0 aliphatic carbocycles. The number of halogens is 1. The first-order valence-electron chi connectivity index (χ1n) is 5.80. The Labute approximate surface area is 112 Å². The van der Waals surface area contributed by atoms with Gasteiger partial charge in [-0.3, -0.25) is 4.79 Å². The van der Waals surface area contributed by atoms with Gasteiger partial charge in [0.1, 0.15) is 0 Å². The monoisotopic (exact) mass is 271 g/mol. The van der Waals surface area contributed by atoms with Crippen molar-refractivity contribution in [3.05, 3.63) is 23.0 Å². The molecule has 18 heavy (non-hydrogen) atoms. The molecule has 1 unspecified atom stereocenters. The van der Waals surface area contributed by atoms with Crippen LogP contribution in [0.5, 0.6) is 0 Å². The molecule has 1 aromatic rings. The molecule has 0 radical (unpaired) electrons. The molecule has 0 bridgehead atoms. The summed E-state index contributed by atoms with van der Waals surface area (Å²) in [6, 6.07) is 2.98. The molecule has 1 amide bonds. The fourth-order valence-corrected chi connectivity index (χ4v) is 1.85. The van der Waals surface area contributed by atoms with Crippen LogP contribution in [0.15, 0.2) is 12.1 Å². The van der Waals surface area contributed by atoms with Gasteiger partial charge >= 0.3 is 0 Å². The number of carbonyl (C=O) groups excluding carboxylic acids is 1. The van der Waals surface area contributed by atoms with Crippen molar-refractivity contribution in [3.63, 3.8) is 0 Å². The lowest BCUT2D eigenvalue weighted by molar-refractivity contribution is 0.0367. The minimum atomic E-state index is -0.927. The van der Waals surface area contributed by atoms with Crippen LogP contribution in [-0.4, -0.2) is 33.4 Å². The third-order valence-electron chi connectivity index (χ3n) is 2.34. The molecule has 2 N–H and O–H groups in total. The summed E-state index contributed by atoms with van der Waals surface area (Å²) in [5.74, 6) is -0.0181. The maximum atomic E-state index is 11.7. The summed E-state index contributed by atoms with van der Waals surface area (Å²) in [5, 5.41) is 20.2. The molecule has 1 atom stereocenters. The number of nitrogens with zero attached hydrogens (tertiary/aromatic N) is 2. The van der Waals surface area contributed by atoms with E-state index in [1.54, 1.807) is 6.92 Å². The smallest absolute Gasteiger partial charge is 0.271 e. The fraction of sp³-hybridized carbons (Fsp3) is 0.583. The second-order valence-corrected chi connectivity index (χ2v) is 5.41. The lowest BCUT2D eigenvalue weighted by Gasteiger charge is -2.25. The quantitative estimate of drug-likeness (QED) is 0.854. The summed E-state index contributed by atoms with van der Waals surface area (Å²) in [6.07, 6.45) is 0.611. The summed E-state index contributed by atoms with van der Waals surface area (Å²) >= 11 is 5.58. The molecule has 1 aromatic heterocycles. The minimum absolute atomic E-state index is 0.175. The molecular weight excluding hydrogens is 254 g/mol. The summed E-state index contributed by atoms with van der Waals surface area (Å²) in [4.78, 5) is 11.7. The van der Waals surface area contributed by atoms with Crippen molar-refractivity contribution in [2.75, 3.05) is 6.54 Å². The van der Waals surface area contributed by atoms with Crippen molar-refractivity contribution in [3.8, 4) is 0 Å². The number of aromatic nitrogens is 2. The zero-order valence-corrected chi connectivity index (χ0v) is 11.5. The standard InChI is InChI=1S/C12H18ClN3O2/c1-8(2)6-12(3,18)7-14-11(17)9-4-5-10(13)16-15-9/h4-5,8,18H,6-7H2,1-3H3,(H,14,17). The van der Waals surface area contributed by atoms with Gasteiger partial charge in [0.05, 0.1) is 5.60 Å². The molecule has 0 aromatic carbocycles. The van der Waals surface area contributed by atoms with Gasteiger partial charge in [0.2, 0.25) is 0 Å². The number of amides is 1. The first kappa shape index (κ1) is 14.9. The van der Waals surface area contributed by atoms with Crippen LogP contribution in [0.2, 0.25) is 5.15 Å². The highest BCUT2D eigenvalue weighted by Gasteiger charge is 2.23. The lowest BCUT2D eigenvalue weighted by Crippen LogP contribution is -2.41. The number of hydrogen-bond donors (Lipinski definition) is 2. The Kier molecular flexibility index (Phi) is 5.04. The van der Waals surface area contributed by atoms with Crippen LogP contribution in [0.25, 0.3) is 0 Å². The largest absolute Gasteiger partial charge is 0.388 e. The first-order chi connectivity index (χ1) is 8.30. The van der Waals surface area contributed by atoms with Gasteiger partial charge in [-0.1, -0.05) is 25.4 Å². The summed E-state index contributed by atoms with van der Waals surface area (Å²) < 4.78 is 0. The molecule has 5 nitrogen and oxygen atoms in total. The SMILES string of the molecule is CC(C)CC(C)(O)CNC(=O)c1ccc(Cl)nn1. The molecule has 1 heterocycles. The van der Waals surface area contributed by atoms with E-state index in [-0.39, 0.29) is 23.3 Å². The van der Waals surface area contributed by atoms with E-state index >= 15 is 0 Å². The van der Waals surface area contributed by atoms with Crippen molar-refractivity contribution in [2.45, 2.75) is 32.8 Å². The van der Waals surface area contributed by atoms with E-state index < -0.39 is 5.60 Å². The van der Waals surface area contributed by atoms with Gasteiger partial charge < -0.3 is 10.4 Å². The van der Waals surface area contributed by atoms with E-state index in [9.17, 15) is 9.90 Å². The van der Waals surface area contributed by atoms with Crippen molar-refractivity contribution < 1.29 is 9.90 Å². The zero-order chi connectivity index (χ0) is 13.8. The Hall–Kier alpha value is -1.20. The predicted octanol–water partition coefficient (Wildman–Crippen LogP) is 1.66. The molecule has 0 fully saturated rings. The summed E-state index contributed by atoms with van der Waals surface area (Å²) in [6.45, 7) is 5.90. The first-order valence-corrected chi connectivity index (χ1v) is 6.18. The van der Waals surface area contributed by atoms with Gasteiger partial charge in [0.15, 0.2) is 10.8 Å². The minimum Gasteiger partial charge on any atom is -0.388 e. The van der Waals surface area contributed by atoms with Crippen molar-refractivity contribution >= 4 is 17.5 Å². The molecule has 0 aliphatic heterocycles. The van der Waals surface area contributed by atoms with E-state index in [4.69, 9.17) is 11.6 Å². The molecular formula is C12H18ClN3O2. The van der Waals surface area contributed by atoms with Crippen LogP contribution >= 0.6 is 11.6 Å². The normalized spacial score (nSPS) is 14.3. The Balaban J connectivity index is 2.53. The van der Waals surface area contributed by atoms with E-state index in [2.05, 4.69) is 15.5 Å². The Bertz CT molecular complexity index is 404. The summed E-state index contributed by atoms with van der Waals surface area (Å²) in [7, 11) is 0. The Morgan fingerprint density at radius 3 is 2.67 bits per heavy atom. The third kappa shape index (κ3) is 4.98. The average molecular weight is 272 g/mol. The van der Waals surface area contributed by atoms with E-state index in [1.807, 2.05) is 13.8 Å². The molecule has 100 valence electrons. The van der Waals surface area contributed by atoms with Crippen LogP contribution < -0.4 is 5.32 Å². The van der Waals surface area contributed by atoms with Crippen molar-refractivity contribution in [2.24, 2.45) is 5.92 Å². The Morgan fingerprint density at radius 2 is 2.17 bits per heavy atom. The highest BCUT2D eigenvalue weighted by Crippen LogP contribution is 2.15. The number of nitrogens with one attached hydrogen (secondary N) is 1. The molecule has 0 saturated carbocycles. The maximum absolute atomic E-state index is 11.7. The van der Waals surface area contributed by atoms with Crippen molar-refractivity contribution in [1.29, 1.82) is 0 Å². The van der Waals surface area contributed by atoms with Gasteiger partial charge in [-0.05, 0) is 31.4 Å². The second-order valence-electron chi connectivity index (χ2n) is 5.02. The predicted molar refractivity (Wildman–Crippen MR) is 69.5 cm³/mol. The van der Waals surface area contributed by atoms with E-state index in [0.29, 0.717) is 12.3 Å². The number of rotatable bonds is 5. The van der Waals surface area contributed by atoms with Gasteiger partial charge in [0.25, 0.3) is 5.91 Å². The number of hydrogen-bond acceptors (Lipinski definition) is 4. The van der Waals surface area contributed by atoms with Crippen LogP contribution in [0.1, 0.15) is 37.7 Å². The van der Waals surface area contributed by atoms with Gasteiger partial charge in [0, 0.05) is 6.54 Å². The van der Waals surface area contributed by atoms with Crippen LogP contribution in [0.4, 0.5) is 0 Å². The van der Waals surface area contributed by atoms with Crippen LogP contribution in [-0.2, 0) is 0 Å². The van der Waals surface area contributed by atoms with Gasteiger partial charge in [-0.25, -0.2) is 0 Å². The molecule has 0 spiro atoms. The molecule has 0 aliphatic rings. The zero-order valence-electron chi connectivity index (χ0n) is 10.8. The summed E-state index contributed by atoms with van der Waals surface area (Å²) in [5.41, 5.74) is -0.747. The highest BCUT2D eigenvalue weighted by molar-refractivity contribution is 6.29. The average Bonchev–Trinajstić information content (AvgIpc) is 2.25. The maximum Gasteiger partial charge on any atom is 0.271 e. The fourth-order valence-electron chi connectivity index (χ4n) is 1.75. The second kappa shape index (κ2) is 6.11. The van der Waals surface area contributed by atoms with Crippen molar-refractivity contribution in [1.82, 2.24) is 15.5 Å². The Morgan fingerprint density at radius 1 is 1.50 bits per heavy atom. The topological polar surface area (TPSA) is 75.1 Å². The lowest BCUT2D eigenvalue weighted by atomic mass is 9.94. The van der Waals surface area contributed by atoms with Crippen LogP contribution in [0.3, 0.4) is 0 Å². The highest BCUT2D eigenvalue weighted by atomic mass is 35.5. The number of carbonyl (C=O) groups is 1. The van der Waals surface area contributed by atoms with Crippen LogP contribution in [0, 0.1) is 5.92 Å². The van der Waals surface area contributed by atoms with E-state index in [1.165, 1.54) is 12.1 Å². The molecule has 1 rings (SSSR count). The molecule has 6 heteroatoms. The van der Waals surface area contributed by atoms with Gasteiger partial charge in [-0.2, -0.15) is 0 Å². The third-order valence-corrected chi connectivity index (χ3v) is 2.54. The molecule has 0 saturated heterocycles. The van der Waals surface area contributed by atoms with Gasteiger partial charge in [-0.15, -0.1) is 10.2 Å². The number of aliphatic hydroxyl groups is 1.